The molecule has 0 unspecified atom stereocenters. The van der Waals surface area contributed by atoms with Crippen LogP contribution in [0.3, 0.4) is 0 Å². The minimum Gasteiger partial charge on any atom is -0.490 e. The largest absolute Gasteiger partial charge is 0.490 e. The van der Waals surface area contributed by atoms with E-state index < -0.39 is 5.92 Å². The fourth-order valence-electron chi connectivity index (χ4n) is 2.55. The Hall–Kier alpha value is -1.43. The zero-order valence-electron chi connectivity index (χ0n) is 11.4. The van der Waals surface area contributed by atoms with E-state index in [0.29, 0.717) is 49.0 Å². The second kappa shape index (κ2) is 6.13. The van der Waals surface area contributed by atoms with Crippen LogP contribution in [0.5, 0.6) is 17.2 Å². The Labute approximate surface area is 128 Å². The van der Waals surface area contributed by atoms with Crippen molar-refractivity contribution in [1.82, 2.24) is 0 Å². The van der Waals surface area contributed by atoms with Gasteiger partial charge in [-0.05, 0) is 12.8 Å². The first-order chi connectivity index (χ1) is 9.53. The minimum atomic E-state index is -2.55. The van der Waals surface area contributed by atoms with Gasteiger partial charge in [-0.25, -0.2) is 8.78 Å². The van der Waals surface area contributed by atoms with Crippen molar-refractivity contribution in [2.24, 2.45) is 0 Å². The van der Waals surface area contributed by atoms with Crippen molar-refractivity contribution in [2.45, 2.75) is 37.7 Å². The van der Waals surface area contributed by atoms with E-state index in [1.807, 2.05) is 0 Å². The van der Waals surface area contributed by atoms with Crippen molar-refractivity contribution in [3.8, 4) is 17.2 Å². The molecule has 0 radical (unpaired) electrons. The summed E-state index contributed by atoms with van der Waals surface area (Å²) in [6, 6.07) is 3.36. The lowest BCUT2D eigenvalue weighted by Crippen LogP contribution is -2.30. The van der Waals surface area contributed by atoms with Crippen LogP contribution in [0.4, 0.5) is 14.5 Å². The van der Waals surface area contributed by atoms with Gasteiger partial charge in [0.2, 0.25) is 5.92 Å². The zero-order chi connectivity index (χ0) is 14.2. The van der Waals surface area contributed by atoms with E-state index in [-0.39, 0.29) is 31.4 Å². The summed E-state index contributed by atoms with van der Waals surface area (Å²) in [5.74, 6) is -0.931. The first kappa shape index (κ1) is 15.9. The van der Waals surface area contributed by atoms with E-state index in [1.54, 1.807) is 12.1 Å². The molecule has 0 amide bonds. The maximum Gasteiger partial charge on any atom is 0.248 e. The van der Waals surface area contributed by atoms with Crippen LogP contribution in [0.25, 0.3) is 0 Å². The molecule has 1 aliphatic carbocycles. The van der Waals surface area contributed by atoms with Crippen LogP contribution in [-0.4, -0.2) is 25.2 Å². The number of alkyl halides is 2. The van der Waals surface area contributed by atoms with E-state index in [1.165, 1.54) is 0 Å². The van der Waals surface area contributed by atoms with Crippen molar-refractivity contribution in [3.63, 3.8) is 0 Å². The number of hydrogen-bond donors (Lipinski definition) is 1. The van der Waals surface area contributed by atoms with Gasteiger partial charge in [-0.3, -0.25) is 0 Å². The maximum absolute atomic E-state index is 13.1. The van der Waals surface area contributed by atoms with Crippen molar-refractivity contribution >= 4 is 18.1 Å². The van der Waals surface area contributed by atoms with Gasteiger partial charge in [-0.15, -0.1) is 12.4 Å². The fraction of sp³-hybridized carbons (Fsp3) is 0.571. The highest BCUT2D eigenvalue weighted by atomic mass is 35.5. The summed E-state index contributed by atoms with van der Waals surface area (Å²) in [7, 11) is 0. The topological polar surface area (TPSA) is 53.7 Å². The molecule has 118 valence electrons. The number of benzene rings is 1. The Morgan fingerprint density at radius 1 is 1.14 bits per heavy atom. The Morgan fingerprint density at radius 2 is 1.81 bits per heavy atom. The van der Waals surface area contributed by atoms with Gasteiger partial charge in [0.1, 0.15) is 19.0 Å². The van der Waals surface area contributed by atoms with Crippen LogP contribution in [-0.2, 0) is 0 Å². The molecule has 4 nitrogen and oxygen atoms in total. The van der Waals surface area contributed by atoms with Crippen LogP contribution < -0.4 is 19.9 Å². The number of rotatable bonds is 2. The van der Waals surface area contributed by atoms with E-state index in [0.717, 1.165) is 0 Å². The van der Waals surface area contributed by atoms with Crippen molar-refractivity contribution in [2.75, 3.05) is 18.9 Å². The molecule has 0 atom stereocenters. The van der Waals surface area contributed by atoms with Gasteiger partial charge >= 0.3 is 0 Å². The van der Waals surface area contributed by atoms with Crippen LogP contribution >= 0.6 is 12.4 Å². The van der Waals surface area contributed by atoms with Gasteiger partial charge in [0.15, 0.2) is 11.5 Å². The molecule has 21 heavy (non-hydrogen) atoms. The number of halogens is 3. The third kappa shape index (κ3) is 3.61. The second-order valence-electron chi connectivity index (χ2n) is 5.21. The molecule has 0 spiro atoms. The number of nitrogen functional groups attached to an aromatic ring is 1. The molecule has 1 fully saturated rings. The average Bonchev–Trinajstić information content (AvgIpc) is 2.41. The normalized spacial score (nSPS) is 20.5. The number of ether oxygens (including phenoxy) is 3. The summed E-state index contributed by atoms with van der Waals surface area (Å²) < 4.78 is 42.8. The number of anilines is 1. The molecule has 1 aromatic rings. The smallest absolute Gasteiger partial charge is 0.248 e. The summed E-state index contributed by atoms with van der Waals surface area (Å²) >= 11 is 0. The van der Waals surface area contributed by atoms with Gasteiger partial charge in [0.25, 0.3) is 0 Å². The van der Waals surface area contributed by atoms with Gasteiger partial charge < -0.3 is 19.9 Å². The van der Waals surface area contributed by atoms with Crippen LogP contribution in [0, 0.1) is 0 Å². The van der Waals surface area contributed by atoms with Crippen molar-refractivity contribution in [1.29, 1.82) is 0 Å². The van der Waals surface area contributed by atoms with Crippen LogP contribution in [0.1, 0.15) is 25.7 Å². The fourth-order valence-corrected chi connectivity index (χ4v) is 2.55. The monoisotopic (exact) mass is 321 g/mol. The zero-order valence-corrected chi connectivity index (χ0v) is 12.3. The Balaban J connectivity index is 0.00000161. The lowest BCUT2D eigenvalue weighted by molar-refractivity contribution is -0.0582. The predicted octanol–water partition coefficient (Wildman–Crippen LogP) is 3.42. The SMILES string of the molecule is Cl.Nc1cc(OC2CCC(F)(F)CC2)cc2c1OCCO2. The summed E-state index contributed by atoms with van der Waals surface area (Å²) in [4.78, 5) is 0. The van der Waals surface area contributed by atoms with Gasteiger partial charge in [0.05, 0.1) is 11.8 Å². The lowest BCUT2D eigenvalue weighted by atomic mass is 9.94. The quantitative estimate of drug-likeness (QED) is 0.848. The molecule has 2 aliphatic rings. The molecule has 0 saturated heterocycles. The summed E-state index contributed by atoms with van der Waals surface area (Å²) in [6.07, 6.45) is 0.245. The third-order valence-electron chi connectivity index (χ3n) is 3.61. The Kier molecular flexibility index (Phi) is 4.66. The van der Waals surface area contributed by atoms with Gasteiger partial charge in [0, 0.05) is 25.0 Å². The predicted molar refractivity (Wildman–Crippen MR) is 76.9 cm³/mol. The van der Waals surface area contributed by atoms with E-state index in [4.69, 9.17) is 19.9 Å². The Morgan fingerprint density at radius 3 is 2.52 bits per heavy atom. The first-order valence-corrected chi connectivity index (χ1v) is 6.77. The molecule has 3 rings (SSSR count). The first-order valence-electron chi connectivity index (χ1n) is 6.77. The average molecular weight is 322 g/mol. The summed E-state index contributed by atoms with van der Waals surface area (Å²) in [6.45, 7) is 0.931. The van der Waals surface area contributed by atoms with E-state index in [9.17, 15) is 8.78 Å². The molecular formula is C14H18ClF2NO3. The molecule has 1 aromatic carbocycles. The molecule has 1 aliphatic heterocycles. The second-order valence-corrected chi connectivity index (χ2v) is 5.21. The number of nitrogens with two attached hydrogens (primary N) is 1. The molecule has 7 heteroatoms. The molecule has 2 N–H and O–H groups in total. The highest BCUT2D eigenvalue weighted by Crippen LogP contribution is 2.41. The van der Waals surface area contributed by atoms with Crippen molar-refractivity contribution < 1.29 is 23.0 Å². The highest BCUT2D eigenvalue weighted by Gasteiger charge is 2.35. The molecule has 1 saturated carbocycles. The lowest BCUT2D eigenvalue weighted by Gasteiger charge is -2.29. The van der Waals surface area contributed by atoms with Crippen LogP contribution in [0.15, 0.2) is 12.1 Å². The molecule has 1 heterocycles. The maximum atomic E-state index is 13.1. The number of hydrogen-bond acceptors (Lipinski definition) is 4. The van der Waals surface area contributed by atoms with Gasteiger partial charge in [-0.2, -0.15) is 0 Å². The summed E-state index contributed by atoms with van der Waals surface area (Å²) in [5.41, 5.74) is 6.33. The van der Waals surface area contributed by atoms with E-state index >= 15 is 0 Å². The third-order valence-corrected chi connectivity index (χ3v) is 3.61. The highest BCUT2D eigenvalue weighted by molar-refractivity contribution is 5.85. The minimum absolute atomic E-state index is 0. The van der Waals surface area contributed by atoms with Crippen molar-refractivity contribution in [3.05, 3.63) is 12.1 Å². The van der Waals surface area contributed by atoms with Gasteiger partial charge in [-0.1, -0.05) is 0 Å². The van der Waals surface area contributed by atoms with Crippen LogP contribution in [0.2, 0.25) is 0 Å². The summed E-state index contributed by atoms with van der Waals surface area (Å²) in [5, 5.41) is 0. The standard InChI is InChI=1S/C14H17F2NO3.ClH/c15-14(16)3-1-9(2-4-14)20-10-7-11(17)13-12(8-10)18-5-6-19-13;/h7-9H,1-6,17H2;1H. The molecule has 0 aromatic heterocycles. The molecular weight excluding hydrogens is 304 g/mol. The molecule has 0 bridgehead atoms. The Bertz CT molecular complexity index is 503. The number of fused-ring (bicyclic) bond motifs is 1. The van der Waals surface area contributed by atoms with E-state index in [2.05, 4.69) is 0 Å².